The number of halogens is 4. The number of piperidine rings is 4. The van der Waals surface area contributed by atoms with Crippen LogP contribution in [0, 0.1) is 17.8 Å². The molecule has 2 bridgehead atoms. The number of carbonyl (C=O) groups is 1. The lowest BCUT2D eigenvalue weighted by Gasteiger charge is -2.54. The zero-order valence-corrected chi connectivity index (χ0v) is 29.8. The van der Waals surface area contributed by atoms with Gasteiger partial charge in [0.15, 0.2) is 18.2 Å². The summed E-state index contributed by atoms with van der Waals surface area (Å²) in [6, 6.07) is 6.06. The van der Waals surface area contributed by atoms with Gasteiger partial charge in [-0.05, 0) is 106 Å². The molecule has 1 saturated carbocycles. The SMILES string of the molecule is C=C(F)C(=O)N1CC2(CCN(c3nc(OCC45CCN(CC4)CC5)nc4c(OCC(F)(F)F)c(-c5c(C)ccc6[nH]ncc56)c(C5CC5)cc34)CC2)C1. The summed E-state index contributed by atoms with van der Waals surface area (Å²) >= 11 is 0. The monoisotopic (exact) mass is 733 g/mol. The number of anilines is 1. The van der Waals surface area contributed by atoms with Gasteiger partial charge >= 0.3 is 12.2 Å². The Labute approximate surface area is 304 Å². The van der Waals surface area contributed by atoms with Gasteiger partial charge in [0.1, 0.15) is 11.3 Å². The molecule has 1 spiro atoms. The lowest BCUT2D eigenvalue weighted by Crippen LogP contribution is -2.62. The lowest BCUT2D eigenvalue weighted by atomic mass is 9.72. The molecule has 6 aliphatic rings. The highest BCUT2D eigenvalue weighted by Crippen LogP contribution is 2.53. The van der Waals surface area contributed by atoms with E-state index in [2.05, 4.69) is 32.6 Å². The number of aryl methyl sites for hydroxylation is 1. The van der Waals surface area contributed by atoms with E-state index in [9.17, 15) is 22.4 Å². The Morgan fingerprint density at radius 2 is 1.70 bits per heavy atom. The van der Waals surface area contributed by atoms with Crippen molar-refractivity contribution < 1.29 is 31.8 Å². The Hall–Kier alpha value is -4.46. The summed E-state index contributed by atoms with van der Waals surface area (Å²) in [7, 11) is 0. The number of aromatic nitrogens is 4. The molecule has 5 aliphatic heterocycles. The van der Waals surface area contributed by atoms with Crippen LogP contribution in [-0.2, 0) is 4.79 Å². The van der Waals surface area contributed by atoms with Gasteiger partial charge in [-0.2, -0.15) is 28.2 Å². The quantitative estimate of drug-likeness (QED) is 0.144. The molecule has 2 aromatic carbocycles. The molecule has 0 unspecified atom stereocenters. The molecule has 7 heterocycles. The van der Waals surface area contributed by atoms with E-state index in [1.807, 2.05) is 19.1 Å². The third-order valence-electron chi connectivity index (χ3n) is 12.5. The zero-order chi connectivity index (χ0) is 36.7. The van der Waals surface area contributed by atoms with E-state index < -0.39 is 24.5 Å². The average molecular weight is 734 g/mol. The van der Waals surface area contributed by atoms with Crippen molar-refractivity contribution in [3.05, 3.63) is 47.9 Å². The molecule has 0 atom stereocenters. The number of rotatable bonds is 9. The summed E-state index contributed by atoms with van der Waals surface area (Å²) in [5.74, 6) is -0.810. The Bertz CT molecular complexity index is 2090. The standard InChI is InChI=1S/C39H43F4N7O3/c1-23-3-6-29-28(18-44-47-29)30(23)31-26(25-4-5-25)17-27-32(33(31)52-22-39(41,42)43)45-36(53-21-37-7-12-48(13-8-37)14-9-37)46-34(27)49-15-10-38(11-16-49)19-50(20-38)35(51)24(2)40/h3,6,17-18,25H,2,4-5,7-16,19-22H2,1H3,(H,44,47). The second-order valence-corrected chi connectivity index (χ2v) is 16.1. The number of aromatic amines is 1. The largest absolute Gasteiger partial charge is 0.481 e. The Balaban J connectivity index is 1.17. The topological polar surface area (TPSA) is 99.7 Å². The summed E-state index contributed by atoms with van der Waals surface area (Å²) in [6.45, 7) is 9.24. The highest BCUT2D eigenvalue weighted by molar-refractivity contribution is 6.06. The third-order valence-corrected chi connectivity index (χ3v) is 12.5. The van der Waals surface area contributed by atoms with Crippen molar-refractivity contribution >= 4 is 33.5 Å². The molecule has 4 aromatic rings. The minimum Gasteiger partial charge on any atom is -0.481 e. The summed E-state index contributed by atoms with van der Waals surface area (Å²) in [6.07, 6.45) is 3.45. The van der Waals surface area contributed by atoms with E-state index in [1.165, 1.54) is 4.90 Å². The molecule has 6 fully saturated rings. The fourth-order valence-corrected chi connectivity index (χ4v) is 9.17. The first-order valence-electron chi connectivity index (χ1n) is 18.7. The molecule has 10 nitrogen and oxygen atoms in total. The molecule has 5 saturated heterocycles. The maximum atomic E-state index is 14.1. The van der Waals surface area contributed by atoms with Crippen molar-refractivity contribution in [3.8, 4) is 22.9 Å². The Morgan fingerprint density at radius 1 is 0.981 bits per heavy atom. The number of hydrogen-bond donors (Lipinski definition) is 1. The van der Waals surface area contributed by atoms with Crippen LogP contribution >= 0.6 is 0 Å². The number of hydrogen-bond acceptors (Lipinski definition) is 8. The predicted molar refractivity (Wildman–Crippen MR) is 192 cm³/mol. The smallest absolute Gasteiger partial charge is 0.422 e. The molecule has 280 valence electrons. The molecule has 10 rings (SSSR count). The van der Waals surface area contributed by atoms with Gasteiger partial charge in [0, 0.05) is 53.3 Å². The fourth-order valence-electron chi connectivity index (χ4n) is 9.17. The van der Waals surface area contributed by atoms with E-state index in [1.54, 1.807) is 6.20 Å². The van der Waals surface area contributed by atoms with Gasteiger partial charge in [-0.25, -0.2) is 4.39 Å². The molecule has 53 heavy (non-hydrogen) atoms. The molecule has 0 radical (unpaired) electrons. The number of H-pyrrole nitrogens is 1. The van der Waals surface area contributed by atoms with Crippen LogP contribution < -0.4 is 14.4 Å². The van der Waals surface area contributed by atoms with E-state index in [0.717, 1.165) is 92.2 Å². The molecule has 1 amide bonds. The number of carbonyl (C=O) groups excluding carboxylic acids is 1. The van der Waals surface area contributed by atoms with Crippen LogP contribution in [0.1, 0.15) is 62.0 Å². The first-order valence-corrected chi connectivity index (χ1v) is 18.7. The minimum atomic E-state index is -4.59. The molecular weight excluding hydrogens is 690 g/mol. The number of nitrogens with zero attached hydrogens (tertiary/aromatic N) is 6. The highest BCUT2D eigenvalue weighted by atomic mass is 19.4. The average Bonchev–Trinajstić information content (AvgIpc) is 3.88. The zero-order valence-electron chi connectivity index (χ0n) is 29.8. The Morgan fingerprint density at radius 3 is 2.36 bits per heavy atom. The van der Waals surface area contributed by atoms with Gasteiger partial charge in [-0.1, -0.05) is 12.6 Å². The van der Waals surface area contributed by atoms with Crippen LogP contribution in [0.3, 0.4) is 0 Å². The summed E-state index contributed by atoms with van der Waals surface area (Å²) in [5.41, 5.74) is 4.10. The second-order valence-electron chi connectivity index (χ2n) is 16.1. The normalized spacial score (nSPS) is 23.8. The van der Waals surface area contributed by atoms with Gasteiger partial charge in [-0.15, -0.1) is 0 Å². The first-order chi connectivity index (χ1) is 25.4. The second kappa shape index (κ2) is 12.6. The van der Waals surface area contributed by atoms with Gasteiger partial charge in [0.25, 0.3) is 5.91 Å². The number of alkyl halides is 3. The van der Waals surface area contributed by atoms with E-state index in [-0.39, 0.29) is 34.0 Å². The van der Waals surface area contributed by atoms with E-state index in [0.29, 0.717) is 49.6 Å². The fraction of sp³-hybridized carbons (Fsp3) is 0.538. The van der Waals surface area contributed by atoms with Crippen LogP contribution in [0.2, 0.25) is 0 Å². The number of amides is 1. The molecule has 14 heteroatoms. The minimum absolute atomic E-state index is 0.00776. The number of fused-ring (bicyclic) bond motifs is 5. The maximum absolute atomic E-state index is 14.1. The van der Waals surface area contributed by atoms with Crippen molar-refractivity contribution in [2.75, 3.05) is 63.9 Å². The van der Waals surface area contributed by atoms with Crippen LogP contribution in [0.5, 0.6) is 11.8 Å². The third kappa shape index (κ3) is 6.26. The first kappa shape index (κ1) is 34.3. The summed E-state index contributed by atoms with van der Waals surface area (Å²) < 4.78 is 68.2. The number of nitrogens with one attached hydrogen (secondary N) is 1. The Kier molecular flexibility index (Phi) is 8.13. The lowest BCUT2D eigenvalue weighted by molar-refractivity contribution is -0.153. The van der Waals surface area contributed by atoms with Crippen LogP contribution in [-0.4, -0.2) is 101 Å². The van der Waals surface area contributed by atoms with Gasteiger partial charge in [-0.3, -0.25) is 9.89 Å². The summed E-state index contributed by atoms with van der Waals surface area (Å²) in [5, 5.41) is 8.70. The maximum Gasteiger partial charge on any atom is 0.422 e. The van der Waals surface area contributed by atoms with Gasteiger partial charge in [0.05, 0.1) is 18.3 Å². The number of ether oxygens (including phenoxy) is 2. The highest BCUT2D eigenvalue weighted by Gasteiger charge is 2.48. The predicted octanol–water partition coefficient (Wildman–Crippen LogP) is 7.08. The molecular formula is C39H43F4N7O3. The number of likely N-dealkylation sites (tertiary alicyclic amines) is 1. The van der Waals surface area contributed by atoms with Crippen molar-refractivity contribution in [2.24, 2.45) is 10.8 Å². The van der Waals surface area contributed by atoms with E-state index >= 15 is 0 Å². The van der Waals surface area contributed by atoms with Crippen molar-refractivity contribution in [1.29, 1.82) is 0 Å². The van der Waals surface area contributed by atoms with Gasteiger partial charge in [0.2, 0.25) is 0 Å². The molecule has 1 aliphatic carbocycles. The van der Waals surface area contributed by atoms with Crippen LogP contribution in [0.15, 0.2) is 36.8 Å². The van der Waals surface area contributed by atoms with Crippen LogP contribution in [0.4, 0.5) is 23.4 Å². The van der Waals surface area contributed by atoms with Crippen molar-refractivity contribution in [2.45, 2.75) is 64.0 Å². The van der Waals surface area contributed by atoms with Gasteiger partial charge < -0.3 is 24.2 Å². The molecule has 2 aromatic heterocycles. The van der Waals surface area contributed by atoms with Crippen molar-refractivity contribution in [1.82, 2.24) is 30.0 Å². The van der Waals surface area contributed by atoms with Crippen molar-refractivity contribution in [3.63, 3.8) is 0 Å². The van der Waals surface area contributed by atoms with Crippen LogP contribution in [0.25, 0.3) is 32.9 Å². The van der Waals surface area contributed by atoms with E-state index in [4.69, 9.17) is 19.4 Å². The summed E-state index contributed by atoms with van der Waals surface area (Å²) in [4.78, 5) is 28.3. The number of benzene rings is 2. The molecule has 1 N–H and O–H groups in total.